The number of carbonyl (C=O) groups excluding carboxylic acids is 3. The third-order valence-corrected chi connectivity index (χ3v) is 6.69. The Morgan fingerprint density at radius 2 is 1.46 bits per heavy atom. The molecule has 186 valence electrons. The maximum atomic E-state index is 13.2. The molecule has 37 heavy (non-hydrogen) atoms. The Morgan fingerprint density at radius 3 is 2.14 bits per heavy atom. The fourth-order valence-electron chi connectivity index (χ4n) is 4.85. The van der Waals surface area contributed by atoms with E-state index in [0.29, 0.717) is 11.8 Å². The predicted molar refractivity (Wildman–Crippen MR) is 143 cm³/mol. The normalized spacial score (nSPS) is 13.0. The first-order valence-corrected chi connectivity index (χ1v) is 12.1. The number of nitrogens with one attached hydrogen (secondary N) is 2. The number of aliphatic hydroxyl groups excluding tert-OH is 1. The zero-order valence-corrected chi connectivity index (χ0v) is 20.0. The number of aldehydes is 1. The van der Waals surface area contributed by atoms with Crippen LogP contribution in [0.3, 0.4) is 0 Å². The van der Waals surface area contributed by atoms with Gasteiger partial charge in [0.25, 0.3) is 0 Å². The second-order valence-electron chi connectivity index (χ2n) is 9.18. The number of hydrogen-bond acceptors (Lipinski definition) is 5. The van der Waals surface area contributed by atoms with Crippen LogP contribution in [0.2, 0.25) is 0 Å². The molecule has 0 bridgehead atoms. The van der Waals surface area contributed by atoms with E-state index in [1.807, 2.05) is 24.3 Å². The third kappa shape index (κ3) is 4.94. The number of phenols is 1. The minimum atomic E-state index is -1.07. The summed E-state index contributed by atoms with van der Waals surface area (Å²) in [5.41, 5.74) is 1.56. The topological polar surface area (TPSA) is 116 Å². The summed E-state index contributed by atoms with van der Waals surface area (Å²) in [6, 6.07) is 22.7. The molecule has 7 nitrogen and oxygen atoms in total. The van der Waals surface area contributed by atoms with Gasteiger partial charge in [0.2, 0.25) is 11.8 Å². The molecule has 0 aliphatic heterocycles. The molecule has 0 heterocycles. The number of phenolic OH excluding ortho intramolecular Hbond substituents is 1. The Balaban J connectivity index is 1.42. The molecule has 2 amide bonds. The van der Waals surface area contributed by atoms with E-state index in [2.05, 4.69) is 41.0 Å². The lowest BCUT2D eigenvalue weighted by Crippen LogP contribution is -2.52. The minimum absolute atomic E-state index is 0.0602. The third-order valence-electron chi connectivity index (χ3n) is 6.69. The second kappa shape index (κ2) is 10.2. The van der Waals surface area contributed by atoms with E-state index >= 15 is 0 Å². The second-order valence-corrected chi connectivity index (χ2v) is 9.18. The number of carbonyl (C=O) groups is 3. The molecular weight excluding hydrogens is 468 g/mol. The summed E-state index contributed by atoms with van der Waals surface area (Å²) in [4.78, 5) is 37.3. The monoisotopic (exact) mass is 494 g/mol. The Kier molecular flexibility index (Phi) is 6.70. The number of amides is 2. The highest BCUT2D eigenvalue weighted by Gasteiger charge is 2.24. The first-order chi connectivity index (χ1) is 18.0. The highest BCUT2D eigenvalue weighted by Crippen LogP contribution is 2.36. The number of rotatable bonds is 9. The van der Waals surface area contributed by atoms with Gasteiger partial charge in [-0.05, 0) is 55.6 Å². The lowest BCUT2D eigenvalue weighted by molar-refractivity contribution is -0.130. The molecule has 0 aromatic heterocycles. The molecule has 5 aromatic rings. The van der Waals surface area contributed by atoms with Crippen LogP contribution in [-0.4, -0.2) is 47.0 Å². The summed E-state index contributed by atoms with van der Waals surface area (Å²) in [5, 5.41) is 30.8. The molecule has 5 rings (SSSR count). The Bertz CT molecular complexity index is 1580. The van der Waals surface area contributed by atoms with Crippen LogP contribution in [0.15, 0.2) is 78.9 Å². The fourth-order valence-corrected chi connectivity index (χ4v) is 4.85. The van der Waals surface area contributed by atoms with Gasteiger partial charge < -0.3 is 25.6 Å². The van der Waals surface area contributed by atoms with Gasteiger partial charge >= 0.3 is 0 Å². The maximum Gasteiger partial charge on any atom is 0.243 e. The Labute approximate surface area is 213 Å². The predicted octanol–water partition coefficient (Wildman–Crippen LogP) is 3.24. The number of hydrogen-bond donors (Lipinski definition) is 4. The van der Waals surface area contributed by atoms with Crippen molar-refractivity contribution in [2.75, 3.05) is 6.61 Å². The molecule has 0 aliphatic carbocycles. The smallest absolute Gasteiger partial charge is 0.243 e. The lowest BCUT2D eigenvalue weighted by Gasteiger charge is -2.21. The first kappa shape index (κ1) is 24.2. The summed E-state index contributed by atoms with van der Waals surface area (Å²) in [6.45, 7) is -0.544. The van der Waals surface area contributed by atoms with Crippen LogP contribution in [0.4, 0.5) is 0 Å². The Morgan fingerprint density at radius 1 is 0.811 bits per heavy atom. The van der Waals surface area contributed by atoms with Crippen molar-refractivity contribution in [3.05, 3.63) is 90.0 Å². The molecule has 0 spiro atoms. The van der Waals surface area contributed by atoms with Gasteiger partial charge in [0.15, 0.2) is 0 Å². The van der Waals surface area contributed by atoms with E-state index in [-0.39, 0.29) is 24.5 Å². The number of aromatic hydroxyl groups is 1. The van der Waals surface area contributed by atoms with Crippen molar-refractivity contribution in [2.45, 2.75) is 24.9 Å². The van der Waals surface area contributed by atoms with Gasteiger partial charge in [0.05, 0.1) is 13.0 Å². The van der Waals surface area contributed by atoms with Crippen molar-refractivity contribution >= 4 is 50.4 Å². The average Bonchev–Trinajstić information content (AvgIpc) is 2.91. The molecule has 0 radical (unpaired) electrons. The summed E-state index contributed by atoms with van der Waals surface area (Å²) < 4.78 is 0. The summed E-state index contributed by atoms with van der Waals surface area (Å²) in [5.74, 6) is -0.840. The van der Waals surface area contributed by atoms with Gasteiger partial charge in [-0.1, -0.05) is 66.7 Å². The van der Waals surface area contributed by atoms with Crippen molar-refractivity contribution in [1.29, 1.82) is 0 Å². The van der Waals surface area contributed by atoms with E-state index in [9.17, 15) is 24.6 Å². The largest absolute Gasteiger partial charge is 0.508 e. The fraction of sp³-hybridized carbons (Fsp3) is 0.167. The van der Waals surface area contributed by atoms with E-state index in [0.717, 1.165) is 37.9 Å². The van der Waals surface area contributed by atoms with Gasteiger partial charge in [0, 0.05) is 6.42 Å². The van der Waals surface area contributed by atoms with Crippen LogP contribution in [0.5, 0.6) is 5.75 Å². The van der Waals surface area contributed by atoms with Gasteiger partial charge in [-0.15, -0.1) is 0 Å². The molecule has 5 aromatic carbocycles. The molecule has 7 heteroatoms. The highest BCUT2D eigenvalue weighted by molar-refractivity contribution is 6.23. The molecule has 0 fully saturated rings. The van der Waals surface area contributed by atoms with Gasteiger partial charge in [-0.3, -0.25) is 9.59 Å². The van der Waals surface area contributed by atoms with E-state index < -0.39 is 24.6 Å². The van der Waals surface area contributed by atoms with E-state index in [1.54, 1.807) is 12.1 Å². The summed E-state index contributed by atoms with van der Waals surface area (Å²) >= 11 is 0. The minimum Gasteiger partial charge on any atom is -0.508 e. The van der Waals surface area contributed by atoms with Crippen LogP contribution >= 0.6 is 0 Å². The molecule has 2 atom stereocenters. The maximum absolute atomic E-state index is 13.2. The van der Waals surface area contributed by atoms with Crippen molar-refractivity contribution in [3.63, 3.8) is 0 Å². The standard InChI is InChI=1S/C30H26N2O5/c33-16-23(17-34)31-30(37)26(14-18-4-11-24(35)12-5-18)32-27(36)15-22-9-8-21-7-6-19-2-1-3-20-10-13-25(22)29(21)28(19)20/h1-13,16,23,26,34-35H,14-15,17H2,(H,31,37)(H,32,36)/t23-,26+/m1/s1. The number of benzene rings is 5. The van der Waals surface area contributed by atoms with Crippen LogP contribution < -0.4 is 10.6 Å². The van der Waals surface area contributed by atoms with Crippen LogP contribution in [0.1, 0.15) is 11.1 Å². The zero-order chi connectivity index (χ0) is 25.9. The molecule has 0 saturated carbocycles. The average molecular weight is 495 g/mol. The lowest BCUT2D eigenvalue weighted by atomic mass is 9.91. The molecule has 0 aliphatic rings. The van der Waals surface area contributed by atoms with Crippen molar-refractivity contribution in [2.24, 2.45) is 0 Å². The summed E-state index contributed by atoms with van der Waals surface area (Å²) in [6.07, 6.45) is 0.653. The molecule has 0 unspecified atom stereocenters. The van der Waals surface area contributed by atoms with Gasteiger partial charge in [-0.2, -0.15) is 0 Å². The summed E-state index contributed by atoms with van der Waals surface area (Å²) in [7, 11) is 0. The van der Waals surface area contributed by atoms with Crippen molar-refractivity contribution < 1.29 is 24.6 Å². The first-order valence-electron chi connectivity index (χ1n) is 12.1. The van der Waals surface area contributed by atoms with Gasteiger partial charge in [-0.25, -0.2) is 0 Å². The van der Waals surface area contributed by atoms with Crippen LogP contribution in [-0.2, 0) is 27.2 Å². The zero-order valence-electron chi connectivity index (χ0n) is 20.0. The van der Waals surface area contributed by atoms with Crippen molar-refractivity contribution in [3.8, 4) is 5.75 Å². The molecule has 0 saturated heterocycles. The highest BCUT2D eigenvalue weighted by atomic mass is 16.3. The quantitative estimate of drug-likeness (QED) is 0.186. The Hall–Kier alpha value is -4.49. The van der Waals surface area contributed by atoms with E-state index in [1.165, 1.54) is 12.1 Å². The van der Waals surface area contributed by atoms with Crippen LogP contribution in [0, 0.1) is 0 Å². The molecule has 4 N–H and O–H groups in total. The van der Waals surface area contributed by atoms with Crippen molar-refractivity contribution in [1.82, 2.24) is 10.6 Å². The van der Waals surface area contributed by atoms with E-state index in [4.69, 9.17) is 0 Å². The SMILES string of the molecule is O=C[C@H](CO)NC(=O)[C@H](Cc1ccc(O)cc1)NC(=O)Cc1ccc2ccc3cccc4ccc1c2c34. The number of aliphatic hydroxyl groups is 1. The van der Waals surface area contributed by atoms with Gasteiger partial charge in [0.1, 0.15) is 24.1 Å². The molecular formula is C30H26N2O5. The van der Waals surface area contributed by atoms with Crippen LogP contribution in [0.25, 0.3) is 32.3 Å².